The molecule has 0 aliphatic carbocycles. The van der Waals surface area contributed by atoms with Gasteiger partial charge in [-0.2, -0.15) is 0 Å². The summed E-state index contributed by atoms with van der Waals surface area (Å²) in [6.07, 6.45) is 0. The van der Waals surface area contributed by atoms with Gasteiger partial charge in [0.15, 0.2) is 8.32 Å². The van der Waals surface area contributed by atoms with Crippen LogP contribution in [0, 0.1) is 0 Å². The van der Waals surface area contributed by atoms with Crippen LogP contribution in [0.25, 0.3) is 0 Å². The number of hydrogen-bond donors (Lipinski definition) is 0. The molecule has 0 amide bonds. The normalized spacial score (nSPS) is 11.6. The highest BCUT2D eigenvalue weighted by Crippen LogP contribution is 2.13. The fraction of sp³-hybridized carbons (Fsp3) is 0.455. The van der Waals surface area contributed by atoms with E-state index in [0.717, 1.165) is 6.61 Å². The Morgan fingerprint density at radius 2 is 1.77 bits per heavy atom. The first kappa shape index (κ1) is 10.5. The molecule has 0 unspecified atom stereocenters. The van der Waals surface area contributed by atoms with Crippen LogP contribution in [0.4, 0.5) is 0 Å². The Labute approximate surface area is 81.9 Å². The lowest BCUT2D eigenvalue weighted by molar-refractivity contribution is 0.295. The monoisotopic (exact) mass is 194 g/mol. The van der Waals surface area contributed by atoms with Gasteiger partial charge in [0.25, 0.3) is 0 Å². The third-order valence-electron chi connectivity index (χ3n) is 2.32. The van der Waals surface area contributed by atoms with Crippen molar-refractivity contribution < 1.29 is 4.43 Å². The second kappa shape index (κ2) is 4.58. The van der Waals surface area contributed by atoms with E-state index in [4.69, 9.17) is 4.43 Å². The van der Waals surface area contributed by atoms with E-state index >= 15 is 0 Å². The highest BCUT2D eigenvalue weighted by molar-refractivity contribution is 6.71. The molecule has 0 radical (unpaired) electrons. The average Bonchev–Trinajstić information content (AvgIpc) is 2.17. The van der Waals surface area contributed by atoms with E-state index in [9.17, 15) is 0 Å². The van der Waals surface area contributed by atoms with Gasteiger partial charge >= 0.3 is 0 Å². The lowest BCUT2D eigenvalue weighted by atomic mass is 10.2. The minimum Gasteiger partial charge on any atom is -0.413 e. The maximum Gasteiger partial charge on any atom is 0.186 e. The van der Waals surface area contributed by atoms with Gasteiger partial charge in [0.1, 0.15) is 0 Å². The molecule has 0 bridgehead atoms. The number of rotatable bonds is 4. The zero-order valence-electron chi connectivity index (χ0n) is 8.71. The van der Waals surface area contributed by atoms with Gasteiger partial charge in [0.2, 0.25) is 0 Å². The highest BCUT2D eigenvalue weighted by atomic mass is 28.4. The van der Waals surface area contributed by atoms with E-state index in [1.165, 1.54) is 11.6 Å². The van der Waals surface area contributed by atoms with Crippen LogP contribution in [0.3, 0.4) is 0 Å². The Kier molecular flexibility index (Phi) is 3.69. The van der Waals surface area contributed by atoms with Gasteiger partial charge in [-0.1, -0.05) is 37.3 Å². The first-order chi connectivity index (χ1) is 6.14. The molecule has 0 fully saturated rings. The van der Waals surface area contributed by atoms with Crippen LogP contribution >= 0.6 is 0 Å². The second-order valence-corrected chi connectivity index (χ2v) is 8.40. The maximum atomic E-state index is 5.90. The lowest BCUT2D eigenvalue weighted by Gasteiger charge is -2.20. The molecule has 0 aromatic heterocycles. The van der Waals surface area contributed by atoms with E-state index in [1.807, 2.05) is 6.07 Å². The molecule has 2 heteroatoms. The van der Waals surface area contributed by atoms with Crippen LogP contribution in [0.15, 0.2) is 30.3 Å². The molecule has 0 aliphatic rings. The van der Waals surface area contributed by atoms with Crippen molar-refractivity contribution in [1.29, 1.82) is 0 Å². The smallest absolute Gasteiger partial charge is 0.186 e. The quantitative estimate of drug-likeness (QED) is 0.667. The predicted molar refractivity (Wildman–Crippen MR) is 59.2 cm³/mol. The van der Waals surface area contributed by atoms with Gasteiger partial charge in [0.05, 0.1) is 6.61 Å². The topological polar surface area (TPSA) is 9.23 Å². The summed E-state index contributed by atoms with van der Waals surface area (Å²) < 4.78 is 5.90. The maximum absolute atomic E-state index is 5.90. The molecule has 0 saturated heterocycles. The SMILES string of the molecule is CC[Si](C)(C)OCc1ccccc1. The van der Waals surface area contributed by atoms with Crippen molar-refractivity contribution in [3.63, 3.8) is 0 Å². The zero-order chi connectivity index (χ0) is 9.73. The molecule has 0 saturated carbocycles. The van der Waals surface area contributed by atoms with E-state index in [2.05, 4.69) is 44.3 Å². The molecule has 0 aliphatic heterocycles. The Balaban J connectivity index is 2.44. The van der Waals surface area contributed by atoms with Gasteiger partial charge in [0, 0.05) is 0 Å². The van der Waals surface area contributed by atoms with Crippen molar-refractivity contribution in [2.24, 2.45) is 0 Å². The van der Waals surface area contributed by atoms with Crippen molar-refractivity contribution in [1.82, 2.24) is 0 Å². The largest absolute Gasteiger partial charge is 0.413 e. The van der Waals surface area contributed by atoms with Crippen molar-refractivity contribution >= 4 is 8.32 Å². The molecular weight excluding hydrogens is 176 g/mol. The molecule has 0 spiro atoms. The van der Waals surface area contributed by atoms with Crippen molar-refractivity contribution in [2.45, 2.75) is 32.7 Å². The Morgan fingerprint density at radius 3 is 2.31 bits per heavy atom. The fourth-order valence-electron chi connectivity index (χ4n) is 0.955. The predicted octanol–water partition coefficient (Wildman–Crippen LogP) is 3.43. The van der Waals surface area contributed by atoms with Crippen molar-refractivity contribution in [3.05, 3.63) is 35.9 Å². The summed E-state index contributed by atoms with van der Waals surface area (Å²) in [5.74, 6) is 0. The van der Waals surface area contributed by atoms with E-state index in [0.29, 0.717) is 0 Å². The lowest BCUT2D eigenvalue weighted by Crippen LogP contribution is -2.28. The Morgan fingerprint density at radius 1 is 1.15 bits per heavy atom. The van der Waals surface area contributed by atoms with Gasteiger partial charge in [-0.15, -0.1) is 0 Å². The second-order valence-electron chi connectivity index (χ2n) is 3.89. The fourth-order valence-corrected chi connectivity index (χ4v) is 1.72. The Hall–Kier alpha value is -0.603. The van der Waals surface area contributed by atoms with Gasteiger partial charge < -0.3 is 4.43 Å². The molecule has 0 atom stereocenters. The Bertz CT molecular complexity index is 244. The minimum absolute atomic E-state index is 0.772. The standard InChI is InChI=1S/C11H18OSi/c1-4-13(2,3)12-10-11-8-6-5-7-9-11/h5-9H,4,10H2,1-3H3. The summed E-state index contributed by atoms with van der Waals surface area (Å²) in [6, 6.07) is 11.5. The number of benzene rings is 1. The summed E-state index contributed by atoms with van der Waals surface area (Å²) in [4.78, 5) is 0. The molecule has 1 rings (SSSR count). The van der Waals surface area contributed by atoms with Crippen LogP contribution in [0.5, 0.6) is 0 Å². The van der Waals surface area contributed by atoms with Crippen LogP contribution < -0.4 is 0 Å². The first-order valence-corrected chi connectivity index (χ1v) is 7.93. The molecule has 1 nitrogen and oxygen atoms in total. The zero-order valence-corrected chi connectivity index (χ0v) is 9.71. The first-order valence-electron chi connectivity index (χ1n) is 4.82. The molecule has 0 heterocycles. The summed E-state index contributed by atoms with van der Waals surface area (Å²) in [5.41, 5.74) is 1.27. The van der Waals surface area contributed by atoms with E-state index < -0.39 is 8.32 Å². The van der Waals surface area contributed by atoms with Crippen LogP contribution in [0.1, 0.15) is 12.5 Å². The van der Waals surface area contributed by atoms with Crippen LogP contribution in [-0.2, 0) is 11.0 Å². The van der Waals surface area contributed by atoms with Crippen LogP contribution in [0.2, 0.25) is 19.1 Å². The summed E-state index contributed by atoms with van der Waals surface area (Å²) >= 11 is 0. The minimum atomic E-state index is -1.36. The molecule has 1 aromatic carbocycles. The van der Waals surface area contributed by atoms with E-state index in [1.54, 1.807) is 0 Å². The third-order valence-corrected chi connectivity index (χ3v) is 4.95. The van der Waals surface area contributed by atoms with E-state index in [-0.39, 0.29) is 0 Å². The molecule has 13 heavy (non-hydrogen) atoms. The molecule has 0 N–H and O–H groups in total. The van der Waals surface area contributed by atoms with Gasteiger partial charge in [-0.25, -0.2) is 0 Å². The van der Waals surface area contributed by atoms with Gasteiger partial charge in [-0.3, -0.25) is 0 Å². The summed E-state index contributed by atoms with van der Waals surface area (Å²) in [6.45, 7) is 7.50. The van der Waals surface area contributed by atoms with Crippen LogP contribution in [-0.4, -0.2) is 8.32 Å². The number of hydrogen-bond acceptors (Lipinski definition) is 1. The third kappa shape index (κ3) is 3.74. The molecule has 1 aromatic rings. The van der Waals surface area contributed by atoms with Crippen molar-refractivity contribution in [3.8, 4) is 0 Å². The average molecular weight is 194 g/mol. The van der Waals surface area contributed by atoms with Crippen molar-refractivity contribution in [2.75, 3.05) is 0 Å². The molecule has 72 valence electrons. The highest BCUT2D eigenvalue weighted by Gasteiger charge is 2.18. The van der Waals surface area contributed by atoms with Gasteiger partial charge in [-0.05, 0) is 24.7 Å². The summed E-state index contributed by atoms with van der Waals surface area (Å²) in [5, 5.41) is 0. The molecular formula is C11H18OSi. The summed E-state index contributed by atoms with van der Waals surface area (Å²) in [7, 11) is -1.36.